The quantitative estimate of drug-likeness (QED) is 0.144. The molecule has 2 fully saturated rings. The van der Waals surface area contributed by atoms with Crippen molar-refractivity contribution >= 4 is 33.9 Å². The number of carbonyl (C=O) groups excluding carboxylic acids is 1. The lowest BCUT2D eigenvalue weighted by Gasteiger charge is -2.27. The number of nitrogens with zero attached hydrogens (tertiary/aromatic N) is 2. The molecule has 0 spiro atoms. The van der Waals surface area contributed by atoms with Crippen LogP contribution in [0.5, 0.6) is 0 Å². The summed E-state index contributed by atoms with van der Waals surface area (Å²) in [5.74, 6) is 2.21. The summed E-state index contributed by atoms with van der Waals surface area (Å²) in [5, 5.41) is 11.9. The zero-order chi connectivity index (χ0) is 31.9. The molecule has 0 unspecified atom stereocenters. The fraction of sp³-hybridized carbons (Fsp3) is 0.405. The normalized spacial score (nSPS) is 21.4. The number of benzene rings is 3. The molecule has 0 bridgehead atoms. The van der Waals surface area contributed by atoms with E-state index < -0.39 is 5.97 Å². The average Bonchev–Trinajstić information content (AvgIpc) is 3.68. The van der Waals surface area contributed by atoms with Gasteiger partial charge < -0.3 is 20.4 Å². The number of nitrogens with one attached hydrogen (secondary N) is 3. The lowest BCUT2D eigenvalue weighted by Crippen LogP contribution is -2.33. The Morgan fingerprint density at radius 3 is 1.67 bits per heavy atom. The van der Waals surface area contributed by atoms with Gasteiger partial charge in [0.15, 0.2) is 0 Å². The Morgan fingerprint density at radius 1 is 0.696 bits per heavy atom. The third kappa shape index (κ3) is 8.00. The number of hydrogen-bond donors (Lipinski definition) is 4. The fourth-order valence-corrected chi connectivity index (χ4v) is 6.96. The van der Waals surface area contributed by atoms with Crippen LogP contribution in [0, 0.1) is 29.5 Å². The van der Waals surface area contributed by atoms with Crippen LogP contribution in [0.3, 0.4) is 0 Å². The number of hydrogen-bond acceptors (Lipinski definition) is 4. The zero-order valence-corrected chi connectivity index (χ0v) is 26.1. The lowest BCUT2D eigenvalue weighted by atomic mass is 9.80. The SMILES string of the molecule is O=C(NCc1ccccc1F)C1CCC(Cc2nc3ccccc3[nH]2)CC1.O=C(O)C1CCC(Cc2nc3ccccc3[nH]2)CC1. The van der Waals surface area contributed by atoms with E-state index in [1.807, 2.05) is 48.5 Å². The van der Waals surface area contributed by atoms with Crippen LogP contribution in [0.25, 0.3) is 22.1 Å². The van der Waals surface area contributed by atoms with Gasteiger partial charge in [-0.2, -0.15) is 0 Å². The number of para-hydroxylation sites is 4. The summed E-state index contributed by atoms with van der Waals surface area (Å²) in [6, 6.07) is 22.7. The number of aliphatic carboxylic acids is 1. The van der Waals surface area contributed by atoms with Gasteiger partial charge >= 0.3 is 5.97 Å². The van der Waals surface area contributed by atoms with Gasteiger partial charge in [0.1, 0.15) is 17.5 Å². The predicted molar refractivity (Wildman–Crippen MR) is 176 cm³/mol. The molecule has 0 radical (unpaired) electrons. The van der Waals surface area contributed by atoms with Crippen LogP contribution >= 0.6 is 0 Å². The van der Waals surface area contributed by atoms with Gasteiger partial charge in [0.05, 0.1) is 28.0 Å². The van der Waals surface area contributed by atoms with Crippen molar-refractivity contribution in [3.8, 4) is 0 Å². The van der Waals surface area contributed by atoms with E-state index in [0.29, 0.717) is 17.4 Å². The van der Waals surface area contributed by atoms with Gasteiger partial charge in [0.25, 0.3) is 0 Å². The van der Waals surface area contributed by atoms with Crippen LogP contribution in [0.1, 0.15) is 68.6 Å². The van der Waals surface area contributed by atoms with Crippen molar-refractivity contribution in [2.24, 2.45) is 23.7 Å². The van der Waals surface area contributed by atoms with Crippen molar-refractivity contribution in [3.63, 3.8) is 0 Å². The first-order valence-corrected chi connectivity index (χ1v) is 16.5. The third-order valence-corrected chi connectivity index (χ3v) is 9.67. The van der Waals surface area contributed by atoms with Gasteiger partial charge in [-0.3, -0.25) is 9.59 Å². The maximum atomic E-state index is 13.7. The minimum Gasteiger partial charge on any atom is -0.481 e. The molecule has 2 aliphatic carbocycles. The van der Waals surface area contributed by atoms with Crippen LogP contribution in [-0.2, 0) is 29.0 Å². The highest BCUT2D eigenvalue weighted by molar-refractivity contribution is 5.78. The largest absolute Gasteiger partial charge is 0.481 e. The molecule has 1 amide bonds. The molecule has 2 saturated carbocycles. The topological polar surface area (TPSA) is 124 Å². The standard InChI is InChI=1S/C22H24FN3O.C15H18N2O2/c23-18-6-2-1-5-17(18)14-24-22(27)16-11-9-15(10-12-16)13-21-25-19-7-3-4-8-20(19)26-21;18-15(19)11-7-5-10(6-8-11)9-14-16-12-3-1-2-4-13(12)17-14/h1-8,15-16H,9-14H2,(H,24,27)(H,25,26);1-4,10-11H,5-9H2,(H,16,17)(H,18,19). The predicted octanol–water partition coefficient (Wildman–Crippen LogP) is 7.36. The van der Waals surface area contributed by atoms with Gasteiger partial charge in [-0.05, 0) is 93.5 Å². The molecular formula is C37H42FN5O3. The number of H-pyrrole nitrogens is 2. The number of amides is 1. The first-order chi connectivity index (χ1) is 22.4. The molecule has 2 aromatic heterocycles. The Bertz CT molecular complexity index is 1700. The van der Waals surface area contributed by atoms with Crippen molar-refractivity contribution < 1.29 is 19.1 Å². The smallest absolute Gasteiger partial charge is 0.306 e. The van der Waals surface area contributed by atoms with E-state index in [0.717, 1.165) is 97.9 Å². The second-order valence-corrected chi connectivity index (χ2v) is 12.9. The highest BCUT2D eigenvalue weighted by Gasteiger charge is 2.28. The Balaban J connectivity index is 0.000000172. The summed E-state index contributed by atoms with van der Waals surface area (Å²) in [6.07, 6.45) is 9.27. The summed E-state index contributed by atoms with van der Waals surface area (Å²) < 4.78 is 13.7. The fourth-order valence-electron chi connectivity index (χ4n) is 6.96. The molecule has 8 nitrogen and oxygen atoms in total. The van der Waals surface area contributed by atoms with Crippen LogP contribution in [0.4, 0.5) is 4.39 Å². The summed E-state index contributed by atoms with van der Waals surface area (Å²) in [7, 11) is 0. The monoisotopic (exact) mass is 623 g/mol. The number of halogens is 1. The summed E-state index contributed by atoms with van der Waals surface area (Å²) in [5.41, 5.74) is 4.71. The van der Waals surface area contributed by atoms with Crippen LogP contribution in [0.2, 0.25) is 0 Å². The molecule has 0 aliphatic heterocycles. The van der Waals surface area contributed by atoms with Crippen molar-refractivity contribution in [2.75, 3.05) is 0 Å². The minimum absolute atomic E-state index is 0.0312. The maximum absolute atomic E-state index is 13.7. The van der Waals surface area contributed by atoms with E-state index in [4.69, 9.17) is 5.11 Å². The summed E-state index contributed by atoms with van der Waals surface area (Å²) in [6.45, 7) is 0.254. The first-order valence-electron chi connectivity index (χ1n) is 16.5. The molecule has 4 N–H and O–H groups in total. The number of carbonyl (C=O) groups is 2. The molecule has 0 atom stereocenters. The summed E-state index contributed by atoms with van der Waals surface area (Å²) >= 11 is 0. The molecule has 2 heterocycles. The molecule has 46 heavy (non-hydrogen) atoms. The highest BCUT2D eigenvalue weighted by atomic mass is 19.1. The third-order valence-electron chi connectivity index (χ3n) is 9.67. The van der Waals surface area contributed by atoms with Crippen LogP contribution in [0.15, 0.2) is 72.8 Å². The second kappa shape index (κ2) is 14.7. The molecule has 2 aliphatic rings. The molecular weight excluding hydrogens is 581 g/mol. The molecule has 7 rings (SSSR count). The van der Waals surface area contributed by atoms with Crippen molar-refractivity contribution in [1.29, 1.82) is 0 Å². The van der Waals surface area contributed by atoms with Gasteiger partial charge in [-0.15, -0.1) is 0 Å². The second-order valence-electron chi connectivity index (χ2n) is 12.9. The van der Waals surface area contributed by atoms with Gasteiger partial charge in [0.2, 0.25) is 5.91 Å². The number of carboxylic acids is 1. The Kier molecular flexibility index (Phi) is 10.1. The van der Waals surface area contributed by atoms with Gasteiger partial charge in [0, 0.05) is 30.9 Å². The number of aromatic nitrogens is 4. The van der Waals surface area contributed by atoms with Crippen molar-refractivity contribution in [1.82, 2.24) is 25.3 Å². The van der Waals surface area contributed by atoms with Gasteiger partial charge in [-0.25, -0.2) is 14.4 Å². The van der Waals surface area contributed by atoms with Crippen molar-refractivity contribution in [2.45, 2.75) is 70.8 Å². The molecule has 240 valence electrons. The van der Waals surface area contributed by atoms with Crippen molar-refractivity contribution in [3.05, 3.63) is 95.8 Å². The van der Waals surface area contributed by atoms with E-state index >= 15 is 0 Å². The lowest BCUT2D eigenvalue weighted by molar-refractivity contribution is -0.143. The van der Waals surface area contributed by atoms with E-state index in [-0.39, 0.29) is 30.1 Å². The highest BCUT2D eigenvalue weighted by Crippen LogP contribution is 2.32. The van der Waals surface area contributed by atoms with Crippen LogP contribution < -0.4 is 5.32 Å². The van der Waals surface area contributed by atoms with E-state index in [1.54, 1.807) is 18.2 Å². The van der Waals surface area contributed by atoms with Crippen LogP contribution in [-0.4, -0.2) is 36.9 Å². The van der Waals surface area contributed by atoms with E-state index in [1.165, 1.54) is 6.07 Å². The number of imidazole rings is 2. The Labute approximate surface area is 268 Å². The van der Waals surface area contributed by atoms with Gasteiger partial charge in [-0.1, -0.05) is 42.5 Å². The Hall–Kier alpha value is -4.53. The molecule has 0 saturated heterocycles. The minimum atomic E-state index is -0.637. The average molecular weight is 624 g/mol. The number of fused-ring (bicyclic) bond motifs is 2. The number of rotatable bonds is 8. The Morgan fingerprint density at radius 2 is 1.17 bits per heavy atom. The molecule has 3 aromatic carbocycles. The number of aromatic amines is 2. The summed E-state index contributed by atoms with van der Waals surface area (Å²) in [4.78, 5) is 39.3. The zero-order valence-electron chi connectivity index (χ0n) is 26.1. The first kappa shape index (κ1) is 31.5. The molecule has 9 heteroatoms. The molecule has 5 aromatic rings. The van der Waals surface area contributed by atoms with E-state index in [2.05, 4.69) is 25.3 Å². The number of carboxylic acid groups (broad SMARTS) is 1. The maximum Gasteiger partial charge on any atom is 0.306 e. The van der Waals surface area contributed by atoms with E-state index in [9.17, 15) is 14.0 Å².